The normalized spacial score (nSPS) is 15.1. The fourth-order valence-electron chi connectivity index (χ4n) is 4.54. The Bertz CT molecular complexity index is 1240. The van der Waals surface area contributed by atoms with Crippen molar-refractivity contribution in [3.63, 3.8) is 0 Å². The molecule has 0 fully saturated rings. The van der Waals surface area contributed by atoms with Crippen molar-refractivity contribution >= 4 is 15.6 Å². The second kappa shape index (κ2) is 17.1. The van der Waals surface area contributed by atoms with E-state index in [2.05, 4.69) is 9.05 Å². The van der Waals surface area contributed by atoms with Gasteiger partial charge in [0.2, 0.25) is 0 Å². The molecule has 0 amide bonds. The monoisotopic (exact) mass is 749 g/mol. The van der Waals surface area contributed by atoms with Crippen LogP contribution in [0.5, 0.6) is 11.5 Å². The first-order valence-electron chi connectivity index (χ1n) is 15.5. The van der Waals surface area contributed by atoms with Gasteiger partial charge >= 0.3 is 17.1 Å². The molecule has 47 heavy (non-hydrogen) atoms. The minimum absolute atomic E-state index is 0. The van der Waals surface area contributed by atoms with Crippen molar-refractivity contribution in [1.82, 2.24) is 0 Å². The Balaban J connectivity index is 0.000000882. The Morgan fingerprint density at radius 3 is 0.915 bits per heavy atom. The molecule has 273 valence electrons. The Labute approximate surface area is 293 Å². The van der Waals surface area contributed by atoms with E-state index in [4.69, 9.17) is 9.05 Å². The van der Waals surface area contributed by atoms with Gasteiger partial charge in [-0.25, -0.2) is 0 Å². The summed E-state index contributed by atoms with van der Waals surface area (Å²) in [5.41, 5.74) is 3.33. The molecule has 0 aliphatic rings. The summed E-state index contributed by atoms with van der Waals surface area (Å²) < 4.78 is 42.2. The molecule has 10 nitrogen and oxygen atoms in total. The van der Waals surface area contributed by atoms with Crippen LogP contribution in [-0.2, 0) is 79.2 Å². The topological polar surface area (TPSA) is 158 Å². The fraction of sp³-hybridized carbons (Fsp3) is 0.647. The Morgan fingerprint density at radius 2 is 0.745 bits per heavy atom. The number of benzene rings is 2. The average molecular weight is 750 g/mol. The zero-order valence-corrected chi connectivity index (χ0v) is 33.2. The summed E-state index contributed by atoms with van der Waals surface area (Å²) in [4.78, 5) is 23.1. The Kier molecular flexibility index (Phi) is 16.7. The summed E-state index contributed by atoms with van der Waals surface area (Å²) >= 11 is 0. The van der Waals surface area contributed by atoms with Gasteiger partial charge in [-0.05, 0) is 93.2 Å². The van der Waals surface area contributed by atoms with Crippen LogP contribution in [0.2, 0.25) is 0 Å². The van der Waals surface area contributed by atoms with E-state index in [1.54, 1.807) is 38.1 Å². The summed E-state index contributed by atoms with van der Waals surface area (Å²) in [6, 6.07) is 7.15. The van der Waals surface area contributed by atoms with Crippen molar-refractivity contribution in [2.75, 3.05) is 13.2 Å². The van der Waals surface area contributed by atoms with Gasteiger partial charge in [0.05, 0.1) is 26.4 Å². The van der Waals surface area contributed by atoms with Crippen molar-refractivity contribution in [3.8, 4) is 11.5 Å². The van der Waals surface area contributed by atoms with E-state index in [1.165, 1.54) is 0 Å². The van der Waals surface area contributed by atoms with Crippen LogP contribution in [0.3, 0.4) is 0 Å². The van der Waals surface area contributed by atoms with Crippen LogP contribution in [-0.4, -0.2) is 23.4 Å². The van der Waals surface area contributed by atoms with Crippen molar-refractivity contribution in [1.29, 1.82) is 0 Å². The van der Waals surface area contributed by atoms with Crippen LogP contribution >= 0.6 is 15.6 Å². The minimum atomic E-state index is -4.29. The molecule has 2 aromatic carbocycles. The van der Waals surface area contributed by atoms with E-state index in [-0.39, 0.29) is 76.7 Å². The van der Waals surface area contributed by atoms with E-state index in [0.717, 1.165) is 22.3 Å². The van der Waals surface area contributed by atoms with E-state index >= 15 is 0 Å². The second-order valence-corrected chi connectivity index (χ2v) is 18.2. The van der Waals surface area contributed by atoms with Crippen molar-refractivity contribution in [3.05, 3.63) is 57.6 Å². The third kappa shape index (κ3) is 14.7. The molecule has 0 aliphatic heterocycles. The number of aromatic hydroxyl groups is 2. The van der Waals surface area contributed by atoms with Crippen LogP contribution in [0.4, 0.5) is 0 Å². The van der Waals surface area contributed by atoms with Crippen molar-refractivity contribution < 1.29 is 64.3 Å². The van der Waals surface area contributed by atoms with E-state index in [9.17, 15) is 29.1 Å². The predicted octanol–water partition coefficient (Wildman–Crippen LogP) is 8.01. The first-order chi connectivity index (χ1) is 20.6. The van der Waals surface area contributed by atoms with Gasteiger partial charge in [0.15, 0.2) is 0 Å². The zero-order chi connectivity index (χ0) is 36.1. The van der Waals surface area contributed by atoms with Gasteiger partial charge in [0.25, 0.3) is 15.6 Å². The summed E-state index contributed by atoms with van der Waals surface area (Å²) in [5.74, 6) is 0.507. The third-order valence-electron chi connectivity index (χ3n) is 6.92. The standard InChI is InChI=1S/2C17H29O5P.Cu/c2*1-8-21-23(19,20)22-11-12-9-13(16(2,3)4)15(18)14(10-12)17(5,6)7;/h2*9-10,18H,8,11H2,1-7H3,(H,19,20);/q;;+2/p-2. The average Bonchev–Trinajstić information content (AvgIpc) is 2.85. The van der Waals surface area contributed by atoms with Gasteiger partial charge in [0.1, 0.15) is 11.5 Å². The van der Waals surface area contributed by atoms with Gasteiger partial charge in [-0.1, -0.05) is 83.1 Å². The maximum absolute atomic E-state index is 11.6. The second-order valence-electron chi connectivity index (χ2n) is 15.4. The molecular weight excluding hydrogens is 694 g/mol. The maximum Gasteiger partial charge on any atom is 2.00 e. The molecule has 0 heterocycles. The van der Waals surface area contributed by atoms with E-state index in [1.807, 2.05) is 83.1 Å². The van der Waals surface area contributed by atoms with Crippen LogP contribution in [0.1, 0.15) is 130 Å². The SMILES string of the molecule is CCOP(=O)([O-])OCc1cc(C(C)(C)C)c(O)c(C(C)(C)C)c1.CCOP(=O)([O-])OCc1cc(C(C)(C)C)c(O)c(C(C)(C)C)c1.[Cu+2]. The third-order valence-corrected chi connectivity index (χ3v) is 8.96. The van der Waals surface area contributed by atoms with Crippen molar-refractivity contribution in [2.24, 2.45) is 0 Å². The Hall–Kier alpha value is -1.22. The number of phosphoric ester groups is 2. The van der Waals surface area contributed by atoms with Gasteiger partial charge in [-0.15, -0.1) is 0 Å². The first kappa shape index (κ1) is 45.8. The molecule has 2 rings (SSSR count). The smallest absolute Gasteiger partial charge is 0.756 e. The van der Waals surface area contributed by atoms with Crippen molar-refractivity contribution in [2.45, 2.75) is 132 Å². The van der Waals surface area contributed by atoms with Crippen LogP contribution in [0.25, 0.3) is 0 Å². The molecule has 2 aromatic rings. The summed E-state index contributed by atoms with van der Waals surface area (Å²) in [6.07, 6.45) is 0. The molecule has 2 atom stereocenters. The molecule has 1 radical (unpaired) electrons. The molecule has 13 heteroatoms. The fourth-order valence-corrected chi connectivity index (χ4v) is 5.94. The van der Waals surface area contributed by atoms with E-state index in [0.29, 0.717) is 11.1 Å². The number of phenols is 2. The molecule has 2 N–H and O–H groups in total. The van der Waals surface area contributed by atoms with E-state index < -0.39 is 15.6 Å². The van der Waals surface area contributed by atoms with Gasteiger partial charge < -0.3 is 38.1 Å². The van der Waals surface area contributed by atoms with Crippen LogP contribution in [0, 0.1) is 0 Å². The molecule has 2 unspecified atom stereocenters. The molecular formula is C34H56CuO10P2. The Morgan fingerprint density at radius 1 is 0.532 bits per heavy atom. The van der Waals surface area contributed by atoms with Crippen LogP contribution < -0.4 is 9.79 Å². The van der Waals surface area contributed by atoms with Crippen LogP contribution in [0.15, 0.2) is 24.3 Å². The van der Waals surface area contributed by atoms with Gasteiger partial charge in [-0.3, -0.25) is 9.13 Å². The maximum atomic E-state index is 11.6. The molecule has 0 saturated carbocycles. The predicted molar refractivity (Wildman–Crippen MR) is 179 cm³/mol. The first-order valence-corrected chi connectivity index (χ1v) is 18.4. The molecule has 0 spiro atoms. The molecule has 0 bridgehead atoms. The summed E-state index contributed by atoms with van der Waals surface area (Å²) in [5, 5.41) is 21.2. The summed E-state index contributed by atoms with van der Waals surface area (Å²) in [6.45, 7) is 27.0. The number of phosphoric acid groups is 2. The number of phenolic OH excluding ortho intramolecular Hbond substituents is 2. The largest absolute Gasteiger partial charge is 2.00 e. The zero-order valence-electron chi connectivity index (χ0n) is 30.5. The number of rotatable bonds is 10. The molecule has 0 aliphatic carbocycles. The van der Waals surface area contributed by atoms with Gasteiger partial charge in [-0.2, -0.15) is 0 Å². The summed E-state index contributed by atoms with van der Waals surface area (Å²) in [7, 11) is -8.59. The number of hydrogen-bond donors (Lipinski definition) is 2. The molecule has 0 saturated heterocycles. The molecule has 0 aromatic heterocycles. The minimum Gasteiger partial charge on any atom is -0.756 e. The number of hydrogen-bond acceptors (Lipinski definition) is 10. The quantitative estimate of drug-likeness (QED) is 0.180. The van der Waals surface area contributed by atoms with Gasteiger partial charge in [0, 0.05) is 0 Å².